The van der Waals surface area contributed by atoms with Crippen molar-refractivity contribution >= 4 is 99.3 Å². The molecule has 374 valence electrons. The van der Waals surface area contributed by atoms with Gasteiger partial charge in [-0.1, -0.05) is 158 Å². The van der Waals surface area contributed by atoms with Gasteiger partial charge in [-0.15, -0.1) is 0 Å². The molecule has 4 nitrogen and oxygen atoms in total. The van der Waals surface area contributed by atoms with Crippen molar-refractivity contribution in [1.29, 1.82) is 0 Å². The van der Waals surface area contributed by atoms with Crippen molar-refractivity contribution < 1.29 is 0 Å². The molecule has 2 aromatic heterocycles. The van der Waals surface area contributed by atoms with Crippen LogP contribution in [0.5, 0.6) is 0 Å². The van der Waals surface area contributed by atoms with Gasteiger partial charge in [-0.2, -0.15) is 0 Å². The van der Waals surface area contributed by atoms with Gasteiger partial charge in [0.05, 0.1) is 22.1 Å². The van der Waals surface area contributed by atoms with Crippen LogP contribution in [0.2, 0.25) is 0 Å². The lowest BCUT2D eigenvalue weighted by Crippen LogP contribution is -2.16. The molecule has 0 atom stereocenters. The van der Waals surface area contributed by atoms with Crippen LogP contribution in [0.4, 0.5) is 22.7 Å². The second-order valence-corrected chi connectivity index (χ2v) is 21.2. The van der Waals surface area contributed by atoms with E-state index >= 15 is 0 Å². The summed E-state index contributed by atoms with van der Waals surface area (Å²) >= 11 is 0. The fourth-order valence-electron chi connectivity index (χ4n) is 13.1. The van der Waals surface area contributed by atoms with Crippen LogP contribution in [0, 0.1) is 0 Å². The number of aromatic nitrogens is 2. The van der Waals surface area contributed by atoms with Gasteiger partial charge in [0.2, 0.25) is 0 Å². The molecule has 0 aliphatic heterocycles. The van der Waals surface area contributed by atoms with E-state index in [1.54, 1.807) is 0 Å². The highest BCUT2D eigenvalue weighted by atomic mass is 15.2. The molecule has 0 fully saturated rings. The zero-order valence-electron chi connectivity index (χ0n) is 43.7. The Morgan fingerprint density at radius 2 is 0.628 bits per heavy atom. The highest BCUT2D eigenvalue weighted by molar-refractivity contribution is 6.22. The molecule has 78 heavy (non-hydrogen) atoms. The van der Waals surface area contributed by atoms with Crippen molar-refractivity contribution in [2.45, 2.75) is 51.4 Å². The summed E-state index contributed by atoms with van der Waals surface area (Å²) < 4.78 is 4.89. The number of hydrogen-bond acceptors (Lipinski definition) is 2. The Balaban J connectivity index is 0.870. The Bertz CT molecular complexity index is 4170. The van der Waals surface area contributed by atoms with Gasteiger partial charge in [0.15, 0.2) is 0 Å². The maximum atomic E-state index is 2.47. The SMILES string of the molecule is C1=CC(N(c2cccc(-c3c4ccccc4c(-c4cccc(N(C5=CCCC=C5)c5ccc6c(c5)c5ccccc5n6C5=CCCC=C5)c4)c4ccccc34)c2)c2ccc3c(c2)c2ccccc2n3C2=CCCC=C2)=CCC1. The first kappa shape index (κ1) is 46.0. The van der Waals surface area contributed by atoms with Crippen LogP contribution in [-0.2, 0) is 0 Å². The van der Waals surface area contributed by atoms with Crippen LogP contribution in [0.15, 0.2) is 266 Å². The molecule has 11 aromatic rings. The molecule has 4 heteroatoms. The minimum atomic E-state index is 1.01. The highest BCUT2D eigenvalue weighted by Gasteiger charge is 2.24. The normalized spacial score (nSPS) is 15.4. The molecular formula is C74H58N4. The number of para-hydroxylation sites is 2. The van der Waals surface area contributed by atoms with Crippen LogP contribution >= 0.6 is 0 Å². The van der Waals surface area contributed by atoms with Gasteiger partial charge in [0.25, 0.3) is 0 Å². The topological polar surface area (TPSA) is 16.3 Å². The predicted molar refractivity (Wildman–Crippen MR) is 334 cm³/mol. The number of allylic oxidation sites excluding steroid dienone is 14. The zero-order valence-corrected chi connectivity index (χ0v) is 43.7. The second-order valence-electron chi connectivity index (χ2n) is 21.2. The monoisotopic (exact) mass is 1000 g/mol. The Morgan fingerprint density at radius 3 is 1.01 bits per heavy atom. The first-order valence-electron chi connectivity index (χ1n) is 28.0. The fraction of sp³-hybridized carbons (Fsp3) is 0.108. The molecule has 0 amide bonds. The molecule has 0 saturated heterocycles. The molecular weight excluding hydrogens is 945 g/mol. The van der Waals surface area contributed by atoms with Crippen LogP contribution in [0.1, 0.15) is 51.4 Å². The van der Waals surface area contributed by atoms with Gasteiger partial charge in [-0.25, -0.2) is 0 Å². The fourth-order valence-corrected chi connectivity index (χ4v) is 13.1. The highest BCUT2D eigenvalue weighted by Crippen LogP contribution is 2.48. The maximum Gasteiger partial charge on any atom is 0.0542 e. The Morgan fingerprint density at radius 1 is 0.269 bits per heavy atom. The Labute approximate surface area is 455 Å². The minimum absolute atomic E-state index is 1.01. The van der Waals surface area contributed by atoms with Crippen molar-refractivity contribution in [1.82, 2.24) is 9.13 Å². The molecule has 9 aromatic carbocycles. The molecule has 0 spiro atoms. The van der Waals surface area contributed by atoms with Gasteiger partial charge in [0, 0.05) is 67.1 Å². The second kappa shape index (κ2) is 19.3. The van der Waals surface area contributed by atoms with Gasteiger partial charge >= 0.3 is 0 Å². The van der Waals surface area contributed by atoms with Gasteiger partial charge in [-0.05, 0) is 192 Å². The summed E-state index contributed by atoms with van der Waals surface area (Å²) in [5, 5.41) is 9.98. The average Bonchev–Trinajstić information content (AvgIpc) is 4.05. The van der Waals surface area contributed by atoms with E-state index < -0.39 is 0 Å². The van der Waals surface area contributed by atoms with E-state index in [1.807, 2.05) is 0 Å². The van der Waals surface area contributed by atoms with E-state index in [0.717, 1.165) is 74.1 Å². The van der Waals surface area contributed by atoms with Gasteiger partial charge in [0.1, 0.15) is 0 Å². The predicted octanol–water partition coefficient (Wildman–Crippen LogP) is 20.7. The summed E-state index contributed by atoms with van der Waals surface area (Å²) in [6.45, 7) is 0. The summed E-state index contributed by atoms with van der Waals surface area (Å²) in [4.78, 5) is 4.94. The zero-order chi connectivity index (χ0) is 51.5. The average molecular weight is 1000 g/mol. The van der Waals surface area contributed by atoms with Crippen molar-refractivity contribution in [3.63, 3.8) is 0 Å². The summed E-state index contributed by atoms with van der Waals surface area (Å²) in [5.74, 6) is 0. The van der Waals surface area contributed by atoms with Crippen molar-refractivity contribution in [2.24, 2.45) is 0 Å². The third kappa shape index (κ3) is 7.73. The molecule has 2 heterocycles. The molecule has 4 aliphatic rings. The first-order valence-corrected chi connectivity index (χ1v) is 28.0. The molecule has 4 aliphatic carbocycles. The first-order chi connectivity index (χ1) is 38.7. The third-order valence-corrected chi connectivity index (χ3v) is 16.5. The molecule has 0 saturated carbocycles. The van der Waals surface area contributed by atoms with Gasteiger partial charge < -0.3 is 18.9 Å². The van der Waals surface area contributed by atoms with E-state index in [0.29, 0.717) is 0 Å². The molecule has 0 bridgehead atoms. The Kier molecular flexibility index (Phi) is 11.4. The quantitative estimate of drug-likeness (QED) is 0.127. The van der Waals surface area contributed by atoms with E-state index in [4.69, 9.17) is 0 Å². The largest absolute Gasteiger partial charge is 0.311 e. The molecule has 15 rings (SSSR count). The summed E-state index contributed by atoms with van der Waals surface area (Å²) in [7, 11) is 0. The smallest absolute Gasteiger partial charge is 0.0542 e. The van der Waals surface area contributed by atoms with E-state index in [9.17, 15) is 0 Å². The van der Waals surface area contributed by atoms with Crippen LogP contribution in [0.3, 0.4) is 0 Å². The number of benzene rings is 9. The maximum absolute atomic E-state index is 2.47. The lowest BCUT2D eigenvalue weighted by atomic mass is 9.85. The third-order valence-electron chi connectivity index (χ3n) is 16.5. The lowest BCUT2D eigenvalue weighted by molar-refractivity contribution is 0.997. The van der Waals surface area contributed by atoms with Crippen molar-refractivity contribution in [3.05, 3.63) is 266 Å². The summed E-state index contributed by atoms with van der Waals surface area (Å²) in [6, 6.07) is 68.6. The van der Waals surface area contributed by atoms with Crippen molar-refractivity contribution in [3.8, 4) is 22.3 Å². The summed E-state index contributed by atoms with van der Waals surface area (Å²) in [5.41, 5.74) is 19.2. The van der Waals surface area contributed by atoms with Crippen LogP contribution < -0.4 is 9.80 Å². The number of fused-ring (bicyclic) bond motifs is 8. The number of rotatable bonds is 10. The van der Waals surface area contributed by atoms with E-state index in [1.165, 1.54) is 110 Å². The van der Waals surface area contributed by atoms with Gasteiger partial charge in [-0.3, -0.25) is 0 Å². The molecule has 0 N–H and O–H groups in total. The minimum Gasteiger partial charge on any atom is -0.311 e. The number of nitrogens with zero attached hydrogens (tertiary/aromatic N) is 4. The molecule has 0 unspecified atom stereocenters. The standard InChI is InChI=1S/C74H58N4/c1-5-25-53(26-6-1)75(59-43-45-71-67(49-59)61-35-17-19-41-69(61)77(71)55-29-9-3-10-30-55)57-33-21-23-51(47-57)73-63-37-13-15-39-65(63)74(66-40-16-14-38-64(66)73)52-24-22-34-58(48-52)76(54-27-7-2-8-28-54)60-44-46-72-68(50-60)62-36-18-20-42-70(62)78(72)56-31-11-4-12-32-56/h5,7,9,11,13-50H,1-4,6,8,10,12H2. The van der Waals surface area contributed by atoms with E-state index in [2.05, 4.69) is 274 Å². The summed E-state index contributed by atoms with van der Waals surface area (Å²) in [6.07, 6.45) is 36.4. The van der Waals surface area contributed by atoms with Crippen molar-refractivity contribution in [2.75, 3.05) is 9.80 Å². The molecule has 0 radical (unpaired) electrons. The number of hydrogen-bond donors (Lipinski definition) is 0. The Hall–Kier alpha value is -9.38. The van der Waals surface area contributed by atoms with E-state index in [-0.39, 0.29) is 0 Å². The number of anilines is 4. The van der Waals surface area contributed by atoms with Crippen LogP contribution in [0.25, 0.3) is 98.8 Å². The lowest BCUT2D eigenvalue weighted by Gasteiger charge is -2.29. The van der Waals surface area contributed by atoms with Crippen LogP contribution in [-0.4, -0.2) is 9.13 Å².